The lowest BCUT2D eigenvalue weighted by atomic mass is 10.1. The Labute approximate surface area is 114 Å². The number of carbonyl (C=O) groups excluding carboxylic acids is 2. The topological polar surface area (TPSA) is 69.4 Å². The van der Waals surface area contributed by atoms with Crippen molar-refractivity contribution in [1.29, 1.82) is 0 Å². The lowest BCUT2D eigenvalue weighted by Gasteiger charge is -2.02. The molecule has 4 nitrogen and oxygen atoms in total. The molecule has 0 spiro atoms. The smallest absolute Gasteiger partial charge is 0.404 e. The van der Waals surface area contributed by atoms with Crippen molar-refractivity contribution >= 4 is 22.9 Å². The maximum absolute atomic E-state index is 10.5. The van der Waals surface area contributed by atoms with Crippen LogP contribution in [0.5, 0.6) is 0 Å². The largest absolute Gasteiger partial charge is 0.450 e. The molecule has 0 aliphatic rings. The summed E-state index contributed by atoms with van der Waals surface area (Å²) < 4.78 is 4.63. The van der Waals surface area contributed by atoms with E-state index in [1.54, 1.807) is 0 Å². The molecule has 0 aromatic rings. The molecule has 0 aliphatic heterocycles. The second kappa shape index (κ2) is 12.7. The Morgan fingerprint density at radius 2 is 1.28 bits per heavy atom. The fourth-order valence-corrected chi connectivity index (χ4v) is 1.91. The van der Waals surface area contributed by atoms with Crippen molar-refractivity contribution in [3.05, 3.63) is 0 Å². The summed E-state index contributed by atoms with van der Waals surface area (Å²) in [5.74, 6) is 0. The molecule has 2 N–H and O–H groups in total. The number of primary amides is 1. The van der Waals surface area contributed by atoms with Gasteiger partial charge in [-0.25, -0.2) is 4.79 Å². The number of hydrogen-bond donors (Lipinski definition) is 1. The summed E-state index contributed by atoms with van der Waals surface area (Å²) in [6, 6.07) is 0. The molecule has 0 aromatic carbocycles. The van der Waals surface area contributed by atoms with Crippen LogP contribution in [0.15, 0.2) is 0 Å². The zero-order valence-corrected chi connectivity index (χ0v) is 11.7. The van der Waals surface area contributed by atoms with E-state index in [1.807, 2.05) is 0 Å². The first-order valence-electron chi connectivity index (χ1n) is 6.73. The van der Waals surface area contributed by atoms with Crippen LogP contribution in [-0.2, 0) is 9.53 Å². The Hall–Kier alpha value is -0.770. The normalized spacial score (nSPS) is 10.3. The van der Waals surface area contributed by atoms with Gasteiger partial charge in [0.25, 0.3) is 0 Å². The fourth-order valence-electron chi connectivity index (χ4n) is 1.78. The van der Waals surface area contributed by atoms with Crippen LogP contribution in [0.3, 0.4) is 0 Å². The van der Waals surface area contributed by atoms with Gasteiger partial charge < -0.3 is 10.5 Å². The molecule has 0 rings (SSSR count). The molecule has 0 atom stereocenters. The highest BCUT2D eigenvalue weighted by atomic mass is 35.5. The molecule has 0 saturated carbocycles. The van der Waals surface area contributed by atoms with E-state index in [4.69, 9.17) is 17.3 Å². The lowest BCUT2D eigenvalue weighted by Crippen LogP contribution is -2.13. The molecule has 0 fully saturated rings. The highest BCUT2D eigenvalue weighted by Gasteiger charge is 1.97. The van der Waals surface area contributed by atoms with Crippen LogP contribution in [0.25, 0.3) is 0 Å². The zero-order valence-electron chi connectivity index (χ0n) is 11.0. The van der Waals surface area contributed by atoms with Crippen molar-refractivity contribution < 1.29 is 14.3 Å². The summed E-state index contributed by atoms with van der Waals surface area (Å²) in [6.07, 6.45) is 9.78. The molecule has 5 heteroatoms. The SMILES string of the molecule is NC(=O)OCCCCCCCCCCCC(=O)Cl. The molecule has 0 unspecified atom stereocenters. The molecule has 0 aromatic heterocycles. The summed E-state index contributed by atoms with van der Waals surface area (Å²) in [5, 5.41) is -0.229. The third-order valence-corrected chi connectivity index (χ3v) is 2.95. The fraction of sp³-hybridized carbons (Fsp3) is 0.846. The van der Waals surface area contributed by atoms with E-state index >= 15 is 0 Å². The van der Waals surface area contributed by atoms with E-state index in [1.165, 1.54) is 32.1 Å². The first kappa shape index (κ1) is 17.2. The van der Waals surface area contributed by atoms with Crippen molar-refractivity contribution in [3.63, 3.8) is 0 Å². The number of rotatable bonds is 12. The van der Waals surface area contributed by atoms with Gasteiger partial charge in [-0.3, -0.25) is 4.79 Å². The second-order valence-electron chi connectivity index (χ2n) is 4.45. The van der Waals surface area contributed by atoms with Crippen molar-refractivity contribution in [1.82, 2.24) is 0 Å². The molecule has 106 valence electrons. The van der Waals surface area contributed by atoms with Crippen molar-refractivity contribution in [2.24, 2.45) is 5.73 Å². The van der Waals surface area contributed by atoms with Gasteiger partial charge in [0.2, 0.25) is 5.24 Å². The molecule has 1 amide bonds. The van der Waals surface area contributed by atoms with E-state index in [9.17, 15) is 9.59 Å². The third kappa shape index (κ3) is 15.2. The highest BCUT2D eigenvalue weighted by molar-refractivity contribution is 6.63. The molecule has 18 heavy (non-hydrogen) atoms. The Bertz CT molecular complexity index is 210. The van der Waals surface area contributed by atoms with Gasteiger partial charge in [-0.05, 0) is 24.4 Å². The lowest BCUT2D eigenvalue weighted by molar-refractivity contribution is -0.111. The van der Waals surface area contributed by atoms with Crippen LogP contribution in [0.4, 0.5) is 4.79 Å². The van der Waals surface area contributed by atoms with Gasteiger partial charge in [-0.15, -0.1) is 0 Å². The van der Waals surface area contributed by atoms with E-state index in [0.29, 0.717) is 13.0 Å². The van der Waals surface area contributed by atoms with Gasteiger partial charge in [-0.1, -0.05) is 44.9 Å². The molecule has 0 aliphatic carbocycles. The van der Waals surface area contributed by atoms with Gasteiger partial charge in [0.15, 0.2) is 0 Å². The number of nitrogens with two attached hydrogens (primary N) is 1. The van der Waals surface area contributed by atoms with Gasteiger partial charge in [0, 0.05) is 6.42 Å². The average molecular weight is 278 g/mol. The minimum atomic E-state index is -0.689. The van der Waals surface area contributed by atoms with E-state index in [-0.39, 0.29) is 5.24 Å². The minimum absolute atomic E-state index is 0.229. The van der Waals surface area contributed by atoms with Gasteiger partial charge in [-0.2, -0.15) is 0 Å². The second-order valence-corrected chi connectivity index (χ2v) is 4.88. The average Bonchev–Trinajstić information content (AvgIpc) is 2.29. The molecule has 0 heterocycles. The first-order valence-corrected chi connectivity index (χ1v) is 7.11. The van der Waals surface area contributed by atoms with Gasteiger partial charge >= 0.3 is 6.09 Å². The Morgan fingerprint density at radius 3 is 1.72 bits per heavy atom. The van der Waals surface area contributed by atoms with Crippen molar-refractivity contribution in [2.75, 3.05) is 6.61 Å². The summed E-state index contributed by atoms with van der Waals surface area (Å²) in [6.45, 7) is 0.432. The van der Waals surface area contributed by atoms with Crippen LogP contribution >= 0.6 is 11.6 Å². The number of hydrogen-bond acceptors (Lipinski definition) is 3. The summed E-state index contributed by atoms with van der Waals surface area (Å²) in [7, 11) is 0. The predicted octanol–water partition coefficient (Wildman–Crippen LogP) is 3.75. The van der Waals surface area contributed by atoms with E-state index < -0.39 is 6.09 Å². The summed E-state index contributed by atoms with van der Waals surface area (Å²) in [5.41, 5.74) is 4.84. The predicted molar refractivity (Wildman–Crippen MR) is 72.6 cm³/mol. The van der Waals surface area contributed by atoms with Gasteiger partial charge in [0.1, 0.15) is 0 Å². The summed E-state index contributed by atoms with van der Waals surface area (Å²) >= 11 is 5.24. The van der Waals surface area contributed by atoms with Crippen molar-refractivity contribution in [3.8, 4) is 0 Å². The molecular formula is C13H24ClNO3. The first-order chi connectivity index (χ1) is 8.63. The third-order valence-electron chi connectivity index (χ3n) is 2.76. The molecular weight excluding hydrogens is 254 g/mol. The number of amides is 1. The Kier molecular flexibility index (Phi) is 12.1. The highest BCUT2D eigenvalue weighted by Crippen LogP contribution is 2.11. The van der Waals surface area contributed by atoms with Crippen LogP contribution in [-0.4, -0.2) is 17.9 Å². The van der Waals surface area contributed by atoms with E-state index in [2.05, 4.69) is 4.74 Å². The molecule has 0 bridgehead atoms. The molecule has 0 radical (unpaired) electrons. The Morgan fingerprint density at radius 1 is 0.833 bits per heavy atom. The van der Waals surface area contributed by atoms with Crippen LogP contribution in [0.2, 0.25) is 0 Å². The number of carbonyl (C=O) groups is 2. The quantitative estimate of drug-likeness (QED) is 0.436. The summed E-state index contributed by atoms with van der Waals surface area (Å²) in [4.78, 5) is 20.7. The number of unbranched alkanes of at least 4 members (excludes halogenated alkanes) is 8. The van der Waals surface area contributed by atoms with Crippen LogP contribution in [0.1, 0.15) is 64.2 Å². The number of ether oxygens (including phenoxy) is 1. The Balaban J connectivity index is 2.99. The monoisotopic (exact) mass is 277 g/mol. The van der Waals surface area contributed by atoms with Crippen LogP contribution in [0, 0.1) is 0 Å². The minimum Gasteiger partial charge on any atom is -0.450 e. The standard InChI is InChI=1S/C13H24ClNO3/c14-12(16)10-8-6-4-2-1-3-5-7-9-11-18-13(15)17/h1-11H2,(H2,15,17). The van der Waals surface area contributed by atoms with Crippen molar-refractivity contribution in [2.45, 2.75) is 64.2 Å². The maximum Gasteiger partial charge on any atom is 0.404 e. The maximum atomic E-state index is 10.5. The molecule has 0 saturated heterocycles. The van der Waals surface area contributed by atoms with Crippen LogP contribution < -0.4 is 5.73 Å². The zero-order chi connectivity index (χ0) is 13.6. The number of halogens is 1. The van der Waals surface area contributed by atoms with Gasteiger partial charge in [0.05, 0.1) is 6.61 Å². The van der Waals surface area contributed by atoms with E-state index in [0.717, 1.165) is 25.7 Å².